The highest BCUT2D eigenvalue weighted by molar-refractivity contribution is 5.95. The van der Waals surface area contributed by atoms with Crippen LogP contribution in [0.5, 0.6) is 0 Å². The van der Waals surface area contributed by atoms with Crippen molar-refractivity contribution in [1.82, 2.24) is 14.3 Å². The van der Waals surface area contributed by atoms with Crippen LogP contribution < -0.4 is 5.69 Å². The fraction of sp³-hybridized carbons (Fsp3) is 0.464. The molecule has 1 aliphatic rings. The van der Waals surface area contributed by atoms with Crippen LogP contribution >= 0.6 is 0 Å². The lowest BCUT2D eigenvalue weighted by Crippen LogP contribution is -2.27. The molecule has 4 rings (SSSR count). The van der Waals surface area contributed by atoms with Crippen molar-refractivity contribution in [2.24, 2.45) is 11.8 Å². The third-order valence-electron chi connectivity index (χ3n) is 6.83. The first-order chi connectivity index (χ1) is 16.4. The van der Waals surface area contributed by atoms with E-state index in [2.05, 4.69) is 13.8 Å². The molecule has 0 saturated heterocycles. The lowest BCUT2D eigenvalue weighted by atomic mass is 9.87. The second-order valence-corrected chi connectivity index (χ2v) is 9.95. The molecule has 3 aromatic rings. The summed E-state index contributed by atoms with van der Waals surface area (Å²) >= 11 is 0. The van der Waals surface area contributed by atoms with Gasteiger partial charge in [0.25, 0.3) is 0 Å². The van der Waals surface area contributed by atoms with Crippen LogP contribution in [0.15, 0.2) is 53.3 Å². The Labute approximate surface area is 201 Å². The van der Waals surface area contributed by atoms with E-state index in [1.54, 1.807) is 21.4 Å². The summed E-state index contributed by atoms with van der Waals surface area (Å²) < 4.78 is 3.48. The van der Waals surface area contributed by atoms with E-state index in [1.807, 2.05) is 36.4 Å². The molecule has 6 nitrogen and oxygen atoms in total. The fourth-order valence-electron chi connectivity index (χ4n) is 4.98. The van der Waals surface area contributed by atoms with Crippen LogP contribution in [-0.4, -0.2) is 25.4 Å². The molecule has 0 spiro atoms. The molecular weight excluding hydrogens is 426 g/mol. The zero-order valence-corrected chi connectivity index (χ0v) is 20.2. The summed E-state index contributed by atoms with van der Waals surface area (Å²) in [5, 5.41) is 14.2. The molecule has 0 amide bonds. The molecule has 1 fully saturated rings. The molecule has 0 radical (unpaired) electrons. The number of hydrogen-bond acceptors (Lipinski definition) is 3. The van der Waals surface area contributed by atoms with Crippen molar-refractivity contribution in [2.75, 3.05) is 0 Å². The molecule has 180 valence electrons. The number of hydrogen-bond donors (Lipinski definition) is 1. The number of rotatable bonds is 9. The van der Waals surface area contributed by atoms with E-state index in [0.717, 1.165) is 29.8 Å². The molecule has 1 aliphatic carbocycles. The van der Waals surface area contributed by atoms with Gasteiger partial charge in [0.05, 0.1) is 12.1 Å². The van der Waals surface area contributed by atoms with Gasteiger partial charge in [-0.2, -0.15) is 5.10 Å². The van der Waals surface area contributed by atoms with Gasteiger partial charge in [0.15, 0.2) is 0 Å². The zero-order chi connectivity index (χ0) is 24.1. The average Bonchev–Trinajstić information content (AvgIpc) is 3.12. The summed E-state index contributed by atoms with van der Waals surface area (Å²) in [4.78, 5) is 24.8. The van der Waals surface area contributed by atoms with Gasteiger partial charge in [-0.05, 0) is 41.0 Å². The number of carboxylic acid groups (broad SMARTS) is 1. The lowest BCUT2D eigenvalue weighted by molar-refractivity contribution is 0.0697. The minimum absolute atomic E-state index is 0.0354. The van der Waals surface area contributed by atoms with Crippen molar-refractivity contribution in [3.8, 4) is 11.1 Å². The van der Waals surface area contributed by atoms with E-state index in [1.165, 1.54) is 32.1 Å². The summed E-state index contributed by atoms with van der Waals surface area (Å²) in [6, 6.07) is 14.8. The molecule has 1 N–H and O–H groups in total. The van der Waals surface area contributed by atoms with E-state index >= 15 is 0 Å². The Morgan fingerprint density at radius 2 is 1.76 bits per heavy atom. The van der Waals surface area contributed by atoms with Crippen molar-refractivity contribution in [3.63, 3.8) is 0 Å². The van der Waals surface area contributed by atoms with Crippen molar-refractivity contribution in [1.29, 1.82) is 0 Å². The first kappa shape index (κ1) is 24.0. The van der Waals surface area contributed by atoms with Crippen LogP contribution in [-0.2, 0) is 19.5 Å². The van der Waals surface area contributed by atoms with Gasteiger partial charge in [-0.15, -0.1) is 0 Å². The van der Waals surface area contributed by atoms with Gasteiger partial charge in [-0.3, -0.25) is 4.57 Å². The quantitative estimate of drug-likeness (QED) is 0.448. The second kappa shape index (κ2) is 10.9. The molecule has 0 bridgehead atoms. The van der Waals surface area contributed by atoms with Crippen LogP contribution in [0.3, 0.4) is 0 Å². The summed E-state index contributed by atoms with van der Waals surface area (Å²) in [5.41, 5.74) is 2.78. The molecule has 1 saturated carbocycles. The van der Waals surface area contributed by atoms with Crippen molar-refractivity contribution in [3.05, 3.63) is 76.0 Å². The van der Waals surface area contributed by atoms with Crippen LogP contribution in [0.4, 0.5) is 0 Å². The van der Waals surface area contributed by atoms with E-state index in [0.29, 0.717) is 30.5 Å². The molecule has 2 aromatic carbocycles. The first-order valence-corrected chi connectivity index (χ1v) is 12.5. The molecule has 0 atom stereocenters. The second-order valence-electron chi connectivity index (χ2n) is 9.95. The van der Waals surface area contributed by atoms with Gasteiger partial charge < -0.3 is 5.11 Å². The number of aromatic nitrogens is 3. The number of carbonyl (C=O) groups is 1. The largest absolute Gasteiger partial charge is 0.478 e. The Kier molecular flexibility index (Phi) is 7.66. The minimum atomic E-state index is -0.940. The third-order valence-corrected chi connectivity index (χ3v) is 6.83. The Hall–Kier alpha value is -3.15. The molecular formula is C28H35N3O3. The van der Waals surface area contributed by atoms with Gasteiger partial charge in [-0.25, -0.2) is 14.3 Å². The molecule has 1 heterocycles. The lowest BCUT2D eigenvalue weighted by Gasteiger charge is -2.20. The SMILES string of the molecule is CC(C)Cc1nn(CCC2CCCCC2)c(=O)n1Cc1ccc(-c2ccccc2C(=O)O)cc1. The predicted octanol–water partition coefficient (Wildman–Crippen LogP) is 5.63. The van der Waals surface area contributed by atoms with E-state index in [4.69, 9.17) is 5.10 Å². The van der Waals surface area contributed by atoms with E-state index in [-0.39, 0.29) is 11.3 Å². The number of carboxylic acids is 1. The summed E-state index contributed by atoms with van der Waals surface area (Å²) in [5.74, 6) is 1.01. The monoisotopic (exact) mass is 461 g/mol. The summed E-state index contributed by atoms with van der Waals surface area (Å²) in [6.45, 7) is 5.44. The van der Waals surface area contributed by atoms with Gasteiger partial charge in [0.1, 0.15) is 5.82 Å². The van der Waals surface area contributed by atoms with Crippen molar-refractivity contribution in [2.45, 2.75) is 71.9 Å². The summed E-state index contributed by atoms with van der Waals surface area (Å²) in [6.07, 6.45) is 8.27. The Balaban J connectivity index is 1.54. The molecule has 0 aliphatic heterocycles. The highest BCUT2D eigenvalue weighted by atomic mass is 16.4. The van der Waals surface area contributed by atoms with Crippen LogP contribution in [0, 0.1) is 11.8 Å². The molecule has 34 heavy (non-hydrogen) atoms. The Morgan fingerprint density at radius 1 is 1.06 bits per heavy atom. The van der Waals surface area contributed by atoms with Crippen LogP contribution in [0.2, 0.25) is 0 Å². The van der Waals surface area contributed by atoms with Crippen LogP contribution in [0.1, 0.15) is 74.1 Å². The molecule has 6 heteroatoms. The van der Waals surface area contributed by atoms with Crippen molar-refractivity contribution < 1.29 is 9.90 Å². The topological polar surface area (TPSA) is 77.1 Å². The standard InChI is InChI=1S/C28H35N3O3/c1-20(2)18-26-29-31(17-16-21-8-4-3-5-9-21)28(34)30(26)19-22-12-14-23(15-13-22)24-10-6-7-11-25(24)27(32)33/h6-7,10-15,20-21H,3-5,8-9,16-19H2,1-2H3,(H,32,33). The summed E-state index contributed by atoms with van der Waals surface area (Å²) in [7, 11) is 0. The highest BCUT2D eigenvalue weighted by Gasteiger charge is 2.18. The average molecular weight is 462 g/mol. The minimum Gasteiger partial charge on any atom is -0.478 e. The zero-order valence-electron chi connectivity index (χ0n) is 20.2. The number of nitrogens with zero attached hydrogens (tertiary/aromatic N) is 3. The maximum Gasteiger partial charge on any atom is 0.346 e. The van der Waals surface area contributed by atoms with Gasteiger partial charge in [0.2, 0.25) is 0 Å². The number of aromatic carboxylic acids is 1. The van der Waals surface area contributed by atoms with E-state index in [9.17, 15) is 14.7 Å². The molecule has 1 aromatic heterocycles. The maximum absolute atomic E-state index is 13.3. The maximum atomic E-state index is 13.3. The highest BCUT2D eigenvalue weighted by Crippen LogP contribution is 2.27. The number of benzene rings is 2. The van der Waals surface area contributed by atoms with Crippen molar-refractivity contribution >= 4 is 5.97 Å². The third kappa shape index (κ3) is 5.66. The van der Waals surface area contributed by atoms with Gasteiger partial charge in [0, 0.05) is 13.0 Å². The smallest absolute Gasteiger partial charge is 0.346 e. The normalized spacial score (nSPS) is 14.6. The van der Waals surface area contributed by atoms with Gasteiger partial charge in [-0.1, -0.05) is 88.4 Å². The van der Waals surface area contributed by atoms with Crippen LogP contribution in [0.25, 0.3) is 11.1 Å². The Bertz CT molecular complexity index is 1170. The van der Waals surface area contributed by atoms with E-state index < -0.39 is 5.97 Å². The Morgan fingerprint density at radius 3 is 2.44 bits per heavy atom. The number of aryl methyl sites for hydroxylation is 1. The predicted molar refractivity (Wildman–Crippen MR) is 134 cm³/mol. The molecule has 0 unspecified atom stereocenters. The fourth-order valence-corrected chi connectivity index (χ4v) is 4.98. The first-order valence-electron chi connectivity index (χ1n) is 12.5. The van der Waals surface area contributed by atoms with Gasteiger partial charge >= 0.3 is 11.7 Å².